The van der Waals surface area contributed by atoms with Gasteiger partial charge in [-0.05, 0) is 19.8 Å². The minimum absolute atomic E-state index is 0.0649. The van der Waals surface area contributed by atoms with E-state index in [0.29, 0.717) is 24.7 Å². The molecule has 1 amide bonds. The number of amides is 1. The second-order valence-electron chi connectivity index (χ2n) is 5.14. The first-order chi connectivity index (χ1) is 12.0. The van der Waals surface area contributed by atoms with Crippen molar-refractivity contribution in [2.24, 2.45) is 0 Å². The minimum Gasteiger partial charge on any atom is -0.490 e. The van der Waals surface area contributed by atoms with Crippen LogP contribution in [0.5, 0.6) is 11.5 Å². The third-order valence-corrected chi connectivity index (χ3v) is 2.99. The van der Waals surface area contributed by atoms with Crippen molar-refractivity contribution in [3.05, 3.63) is 46.6 Å². The number of nitro groups is 1. The Morgan fingerprint density at radius 3 is 2.28 bits per heavy atom. The number of hydrogen-bond acceptors (Lipinski definition) is 5. The topological polar surface area (TPSA) is 90.7 Å². The van der Waals surface area contributed by atoms with Gasteiger partial charge in [0.2, 0.25) is 5.91 Å². The molecular weight excluding hydrogens is 324 g/mol. The lowest BCUT2D eigenvalue weighted by molar-refractivity contribution is -0.384. The molecule has 0 saturated carbocycles. The lowest BCUT2D eigenvalue weighted by Crippen LogP contribution is -2.11. The predicted molar refractivity (Wildman–Crippen MR) is 97.3 cm³/mol. The molecule has 7 heteroatoms. The molecular formula is C18H24N2O5. The van der Waals surface area contributed by atoms with Crippen LogP contribution >= 0.6 is 0 Å². The molecule has 136 valence electrons. The van der Waals surface area contributed by atoms with Crippen molar-refractivity contribution in [2.75, 3.05) is 18.5 Å². The number of nitrogens with one attached hydrogen (secondary N) is 1. The largest absolute Gasteiger partial charge is 0.490 e. The summed E-state index contributed by atoms with van der Waals surface area (Å²) in [5.74, 6) is 0.197. The lowest BCUT2D eigenvalue weighted by Gasteiger charge is -2.14. The molecule has 0 heterocycles. The van der Waals surface area contributed by atoms with Gasteiger partial charge < -0.3 is 14.8 Å². The van der Waals surface area contributed by atoms with Crippen molar-refractivity contribution in [3.63, 3.8) is 0 Å². The normalized spacial score (nSPS) is 11.0. The standard InChI is InChI=1S/C18H24N2O5/c1-4-7-8-9-18(21)19-14-12-16(24-10-5-2)17(25-11-6-3)13-15(14)20(22)23/h4,7-9,12-13H,5-6,10-11H2,1-3H3,(H,19,21). The molecule has 0 aliphatic carbocycles. The van der Waals surface area contributed by atoms with Crippen LogP contribution in [0.25, 0.3) is 0 Å². The van der Waals surface area contributed by atoms with Crippen molar-refractivity contribution >= 4 is 17.3 Å². The van der Waals surface area contributed by atoms with E-state index in [1.54, 1.807) is 18.2 Å². The zero-order chi connectivity index (χ0) is 18.7. The van der Waals surface area contributed by atoms with Crippen LogP contribution in [0.2, 0.25) is 0 Å². The first-order valence-corrected chi connectivity index (χ1v) is 8.21. The Morgan fingerprint density at radius 2 is 1.76 bits per heavy atom. The summed E-state index contributed by atoms with van der Waals surface area (Å²) in [6.45, 7) is 6.56. The molecule has 25 heavy (non-hydrogen) atoms. The maximum atomic E-state index is 11.9. The summed E-state index contributed by atoms with van der Waals surface area (Å²) >= 11 is 0. The number of nitrogens with zero attached hydrogens (tertiary/aromatic N) is 1. The molecule has 1 N–H and O–H groups in total. The number of hydrogen-bond donors (Lipinski definition) is 1. The fraction of sp³-hybridized carbons (Fsp3) is 0.389. The molecule has 1 aromatic carbocycles. The van der Waals surface area contributed by atoms with Gasteiger partial charge in [0.05, 0.1) is 24.2 Å². The van der Waals surface area contributed by atoms with Crippen LogP contribution in [0.1, 0.15) is 33.6 Å². The summed E-state index contributed by atoms with van der Waals surface area (Å²) in [6.07, 6.45) is 7.83. The van der Waals surface area contributed by atoms with E-state index in [0.717, 1.165) is 12.8 Å². The molecule has 1 aromatic rings. The number of benzene rings is 1. The van der Waals surface area contributed by atoms with E-state index in [-0.39, 0.29) is 11.4 Å². The zero-order valence-electron chi connectivity index (χ0n) is 14.8. The molecule has 0 aliphatic heterocycles. The van der Waals surface area contributed by atoms with Crippen LogP contribution in [0.3, 0.4) is 0 Å². The summed E-state index contributed by atoms with van der Waals surface area (Å²) in [7, 11) is 0. The number of nitro benzene ring substituents is 1. The quantitative estimate of drug-likeness (QED) is 0.295. The molecule has 0 aromatic heterocycles. The number of carbonyl (C=O) groups is 1. The van der Waals surface area contributed by atoms with Gasteiger partial charge in [0.15, 0.2) is 11.5 Å². The maximum Gasteiger partial charge on any atom is 0.296 e. The van der Waals surface area contributed by atoms with Gasteiger partial charge in [-0.25, -0.2) is 0 Å². The first kappa shape index (κ1) is 20.2. The highest BCUT2D eigenvalue weighted by Gasteiger charge is 2.21. The van der Waals surface area contributed by atoms with Gasteiger partial charge in [0.25, 0.3) is 5.69 Å². The molecule has 0 fully saturated rings. The van der Waals surface area contributed by atoms with Crippen molar-refractivity contribution in [2.45, 2.75) is 33.6 Å². The second-order valence-corrected chi connectivity index (χ2v) is 5.14. The molecule has 0 spiro atoms. The molecule has 0 radical (unpaired) electrons. The Morgan fingerprint density at radius 1 is 1.16 bits per heavy atom. The van der Waals surface area contributed by atoms with Crippen molar-refractivity contribution in [3.8, 4) is 11.5 Å². The van der Waals surface area contributed by atoms with E-state index in [1.165, 1.54) is 18.2 Å². The fourth-order valence-electron chi connectivity index (χ4n) is 1.88. The monoisotopic (exact) mass is 348 g/mol. The SMILES string of the molecule is CC=CC=CC(=O)Nc1cc(OCCC)c(OCCC)cc1[N+](=O)[O-]. The van der Waals surface area contributed by atoms with Crippen LogP contribution in [0.15, 0.2) is 36.4 Å². The number of rotatable bonds is 10. The van der Waals surface area contributed by atoms with Crippen LogP contribution in [0, 0.1) is 10.1 Å². The first-order valence-electron chi connectivity index (χ1n) is 8.21. The average Bonchev–Trinajstić information content (AvgIpc) is 2.58. The lowest BCUT2D eigenvalue weighted by atomic mass is 10.2. The number of carbonyl (C=O) groups excluding carboxylic acids is 1. The van der Waals surface area contributed by atoms with Gasteiger partial charge in [-0.3, -0.25) is 14.9 Å². The summed E-state index contributed by atoms with van der Waals surface area (Å²) < 4.78 is 11.2. The highest BCUT2D eigenvalue weighted by Crippen LogP contribution is 2.38. The van der Waals surface area contributed by atoms with Crippen LogP contribution < -0.4 is 14.8 Å². The predicted octanol–water partition coefficient (Wildman–Crippen LogP) is 4.24. The summed E-state index contributed by atoms with van der Waals surface area (Å²) in [5, 5.41) is 13.9. The molecule has 0 aliphatic rings. The maximum absolute atomic E-state index is 11.9. The van der Waals surface area contributed by atoms with Gasteiger partial charge in [-0.2, -0.15) is 0 Å². The van der Waals surface area contributed by atoms with Gasteiger partial charge >= 0.3 is 0 Å². The highest BCUT2D eigenvalue weighted by atomic mass is 16.6. The van der Waals surface area contributed by atoms with Gasteiger partial charge in [0.1, 0.15) is 5.69 Å². The van der Waals surface area contributed by atoms with E-state index in [9.17, 15) is 14.9 Å². The van der Waals surface area contributed by atoms with Crippen molar-refractivity contribution in [1.29, 1.82) is 0 Å². The van der Waals surface area contributed by atoms with Crippen LogP contribution in [0.4, 0.5) is 11.4 Å². The number of ether oxygens (including phenoxy) is 2. The Balaban J connectivity index is 3.19. The van der Waals surface area contributed by atoms with Crippen LogP contribution in [-0.4, -0.2) is 24.0 Å². The molecule has 0 unspecified atom stereocenters. The second kappa shape index (κ2) is 10.9. The smallest absolute Gasteiger partial charge is 0.296 e. The Bertz CT molecular complexity index is 653. The number of allylic oxidation sites excluding steroid dienone is 3. The van der Waals surface area contributed by atoms with Crippen molar-refractivity contribution in [1.82, 2.24) is 0 Å². The molecule has 7 nitrogen and oxygen atoms in total. The third kappa shape index (κ3) is 6.66. The fourth-order valence-corrected chi connectivity index (χ4v) is 1.88. The van der Waals surface area contributed by atoms with Crippen LogP contribution in [-0.2, 0) is 4.79 Å². The Labute approximate surface area is 147 Å². The molecule has 1 rings (SSSR count). The van der Waals surface area contributed by atoms with Gasteiger partial charge in [-0.1, -0.05) is 32.1 Å². The van der Waals surface area contributed by atoms with Gasteiger partial charge in [0, 0.05) is 12.1 Å². The Kier molecular flexibility index (Phi) is 8.78. The highest BCUT2D eigenvalue weighted by molar-refractivity contribution is 6.01. The third-order valence-electron chi connectivity index (χ3n) is 2.99. The zero-order valence-corrected chi connectivity index (χ0v) is 14.8. The summed E-state index contributed by atoms with van der Waals surface area (Å²) in [6, 6.07) is 2.71. The van der Waals surface area contributed by atoms with E-state index < -0.39 is 10.8 Å². The molecule has 0 atom stereocenters. The van der Waals surface area contributed by atoms with Gasteiger partial charge in [-0.15, -0.1) is 0 Å². The average molecular weight is 348 g/mol. The molecule has 0 saturated heterocycles. The van der Waals surface area contributed by atoms with E-state index in [4.69, 9.17) is 9.47 Å². The van der Waals surface area contributed by atoms with E-state index in [1.807, 2.05) is 20.8 Å². The molecule has 0 bridgehead atoms. The van der Waals surface area contributed by atoms with E-state index >= 15 is 0 Å². The minimum atomic E-state index is -0.562. The summed E-state index contributed by atoms with van der Waals surface area (Å²) in [4.78, 5) is 22.7. The van der Waals surface area contributed by atoms with E-state index in [2.05, 4.69) is 5.32 Å². The van der Waals surface area contributed by atoms with Crippen molar-refractivity contribution < 1.29 is 19.2 Å². The Hall–Kier alpha value is -2.83. The summed E-state index contributed by atoms with van der Waals surface area (Å²) in [5.41, 5.74) is -0.183. The number of anilines is 1.